The van der Waals surface area contributed by atoms with E-state index in [-0.39, 0.29) is 27.2 Å². The monoisotopic (exact) mass is 358 g/mol. The molecule has 0 radical (unpaired) electrons. The summed E-state index contributed by atoms with van der Waals surface area (Å²) in [6, 6.07) is 1.36. The zero-order valence-electron chi connectivity index (χ0n) is 12.0. The lowest BCUT2D eigenvalue weighted by molar-refractivity contribution is 0.0606. The van der Waals surface area contributed by atoms with Gasteiger partial charge < -0.3 is 14.8 Å². The predicted molar refractivity (Wildman–Crippen MR) is 83.2 cm³/mol. The average Bonchev–Trinajstić information content (AvgIpc) is 2.88. The standard InChI is InChI=1S/C11H18N2O5S2.ClH/c1-12-5-4-6-13-20(15,16)11-8(17-2)7-9(19-11)10(14)18-3;/h7,12-13H,4-6H2,1-3H3;1H. The van der Waals surface area contributed by atoms with Gasteiger partial charge in [-0.15, -0.1) is 23.7 Å². The summed E-state index contributed by atoms with van der Waals surface area (Å²) in [4.78, 5) is 11.6. The lowest BCUT2D eigenvalue weighted by atomic mass is 10.4. The minimum absolute atomic E-state index is 0. The zero-order valence-corrected chi connectivity index (χ0v) is 14.4. The molecular formula is C11H19ClN2O5S2. The summed E-state index contributed by atoms with van der Waals surface area (Å²) in [6.07, 6.45) is 0.660. The lowest BCUT2D eigenvalue weighted by Gasteiger charge is -2.06. The highest BCUT2D eigenvalue weighted by Gasteiger charge is 2.25. The molecule has 0 saturated carbocycles. The molecule has 0 aliphatic rings. The van der Waals surface area contributed by atoms with Gasteiger partial charge in [-0.3, -0.25) is 0 Å². The fourth-order valence-corrected chi connectivity index (χ4v) is 4.04. The van der Waals surface area contributed by atoms with Gasteiger partial charge in [-0.1, -0.05) is 0 Å². The fourth-order valence-electron chi connectivity index (χ4n) is 1.43. The Hall–Kier alpha value is -0.870. The summed E-state index contributed by atoms with van der Waals surface area (Å²) < 4.78 is 36.3. The molecule has 0 atom stereocenters. The van der Waals surface area contributed by atoms with Gasteiger partial charge >= 0.3 is 5.97 Å². The Labute approximate surface area is 134 Å². The van der Waals surface area contributed by atoms with Crippen LogP contribution in [0.2, 0.25) is 0 Å². The molecule has 21 heavy (non-hydrogen) atoms. The van der Waals surface area contributed by atoms with Crippen molar-refractivity contribution in [1.82, 2.24) is 10.0 Å². The SMILES string of the molecule is CNCCCNS(=O)(=O)c1sc(C(=O)OC)cc1OC.Cl. The van der Waals surface area contributed by atoms with Crippen molar-refractivity contribution < 1.29 is 22.7 Å². The first kappa shape index (κ1) is 20.1. The number of methoxy groups -OCH3 is 2. The van der Waals surface area contributed by atoms with Crippen molar-refractivity contribution in [2.75, 3.05) is 34.4 Å². The second-order valence-electron chi connectivity index (χ2n) is 3.81. The van der Waals surface area contributed by atoms with Crippen molar-refractivity contribution in [3.05, 3.63) is 10.9 Å². The molecular weight excluding hydrogens is 340 g/mol. The van der Waals surface area contributed by atoms with E-state index < -0.39 is 16.0 Å². The quantitative estimate of drug-likeness (QED) is 0.528. The summed E-state index contributed by atoms with van der Waals surface area (Å²) in [5.41, 5.74) is 0. The molecule has 0 aromatic carbocycles. The molecule has 0 aliphatic carbocycles. The van der Waals surface area contributed by atoms with Crippen molar-refractivity contribution in [3.63, 3.8) is 0 Å². The number of hydrogen-bond acceptors (Lipinski definition) is 7. The van der Waals surface area contributed by atoms with E-state index in [2.05, 4.69) is 14.8 Å². The fraction of sp³-hybridized carbons (Fsp3) is 0.545. The number of thiophene rings is 1. The highest BCUT2D eigenvalue weighted by atomic mass is 35.5. The molecule has 1 aromatic rings. The van der Waals surface area contributed by atoms with Gasteiger partial charge in [0.2, 0.25) is 0 Å². The maximum absolute atomic E-state index is 12.1. The van der Waals surface area contributed by atoms with Gasteiger partial charge in [-0.05, 0) is 20.0 Å². The van der Waals surface area contributed by atoms with Gasteiger partial charge in [0.05, 0.1) is 14.2 Å². The van der Waals surface area contributed by atoms with Crippen molar-refractivity contribution in [2.45, 2.75) is 10.6 Å². The third kappa shape index (κ3) is 5.44. The van der Waals surface area contributed by atoms with E-state index in [9.17, 15) is 13.2 Å². The van der Waals surface area contributed by atoms with E-state index in [0.29, 0.717) is 19.5 Å². The van der Waals surface area contributed by atoms with Crippen LogP contribution in [0.4, 0.5) is 0 Å². The van der Waals surface area contributed by atoms with Gasteiger partial charge in [0, 0.05) is 12.6 Å². The van der Waals surface area contributed by atoms with Crippen molar-refractivity contribution in [1.29, 1.82) is 0 Å². The van der Waals surface area contributed by atoms with Crippen molar-refractivity contribution in [2.24, 2.45) is 0 Å². The summed E-state index contributed by atoms with van der Waals surface area (Å²) in [5.74, 6) is -0.457. The van der Waals surface area contributed by atoms with Gasteiger partial charge in [-0.25, -0.2) is 17.9 Å². The Morgan fingerprint density at radius 2 is 2.00 bits per heavy atom. The summed E-state index contributed by atoms with van der Waals surface area (Å²) >= 11 is 0.822. The number of nitrogens with one attached hydrogen (secondary N) is 2. The molecule has 0 amide bonds. The first-order valence-corrected chi connectivity index (χ1v) is 8.16. The average molecular weight is 359 g/mol. The van der Waals surface area contributed by atoms with Crippen LogP contribution in [0.15, 0.2) is 10.3 Å². The molecule has 0 spiro atoms. The summed E-state index contributed by atoms with van der Waals surface area (Å²) in [5, 5.41) is 2.92. The zero-order chi connectivity index (χ0) is 15.2. The van der Waals surface area contributed by atoms with Crippen LogP contribution in [0.3, 0.4) is 0 Å². The van der Waals surface area contributed by atoms with E-state index in [1.54, 1.807) is 7.05 Å². The Morgan fingerprint density at radius 1 is 1.33 bits per heavy atom. The van der Waals surface area contributed by atoms with E-state index in [4.69, 9.17) is 4.74 Å². The molecule has 0 unspecified atom stereocenters. The third-order valence-corrected chi connectivity index (χ3v) is 5.48. The van der Waals surface area contributed by atoms with E-state index in [0.717, 1.165) is 11.3 Å². The summed E-state index contributed by atoms with van der Waals surface area (Å²) in [6.45, 7) is 1.01. The first-order chi connectivity index (χ1) is 9.46. The minimum Gasteiger partial charge on any atom is -0.494 e. The number of carbonyl (C=O) groups excluding carboxylic acids is 1. The topological polar surface area (TPSA) is 93.7 Å². The smallest absolute Gasteiger partial charge is 0.348 e. The number of esters is 1. The summed E-state index contributed by atoms with van der Waals surface area (Å²) in [7, 11) is 0.680. The molecule has 122 valence electrons. The third-order valence-electron chi connectivity index (χ3n) is 2.41. The lowest BCUT2D eigenvalue weighted by Crippen LogP contribution is -2.26. The van der Waals surface area contributed by atoms with Crippen LogP contribution in [-0.4, -0.2) is 48.7 Å². The van der Waals surface area contributed by atoms with Crippen LogP contribution in [0, 0.1) is 0 Å². The highest BCUT2D eigenvalue weighted by molar-refractivity contribution is 7.91. The maximum Gasteiger partial charge on any atom is 0.348 e. The number of sulfonamides is 1. The normalized spacial score (nSPS) is 10.8. The maximum atomic E-state index is 12.1. The second kappa shape index (κ2) is 9.21. The second-order valence-corrected chi connectivity index (χ2v) is 6.83. The van der Waals surface area contributed by atoms with Crippen LogP contribution in [0.25, 0.3) is 0 Å². The van der Waals surface area contributed by atoms with Gasteiger partial charge in [0.15, 0.2) is 9.96 Å². The molecule has 0 bridgehead atoms. The Kier molecular flexibility index (Phi) is 8.83. The Morgan fingerprint density at radius 3 is 2.52 bits per heavy atom. The minimum atomic E-state index is -3.70. The molecule has 1 rings (SSSR count). The van der Waals surface area contributed by atoms with Crippen molar-refractivity contribution in [3.8, 4) is 5.75 Å². The van der Waals surface area contributed by atoms with Crippen LogP contribution < -0.4 is 14.8 Å². The van der Waals surface area contributed by atoms with Crippen LogP contribution in [0.5, 0.6) is 5.75 Å². The largest absolute Gasteiger partial charge is 0.494 e. The van der Waals surface area contributed by atoms with Gasteiger partial charge in [0.25, 0.3) is 10.0 Å². The molecule has 7 nitrogen and oxygen atoms in total. The number of halogens is 1. The first-order valence-electron chi connectivity index (χ1n) is 5.86. The Balaban J connectivity index is 0.00000400. The van der Waals surface area contributed by atoms with E-state index >= 15 is 0 Å². The van der Waals surface area contributed by atoms with Crippen LogP contribution in [-0.2, 0) is 14.8 Å². The van der Waals surface area contributed by atoms with Crippen LogP contribution >= 0.6 is 23.7 Å². The van der Waals surface area contributed by atoms with E-state index in [1.165, 1.54) is 20.3 Å². The highest BCUT2D eigenvalue weighted by Crippen LogP contribution is 2.33. The predicted octanol–water partition coefficient (Wildman–Crippen LogP) is 0.853. The molecule has 1 heterocycles. The molecule has 0 saturated heterocycles. The number of ether oxygens (including phenoxy) is 2. The number of hydrogen-bond donors (Lipinski definition) is 2. The van der Waals surface area contributed by atoms with Crippen LogP contribution in [0.1, 0.15) is 16.1 Å². The molecule has 1 aromatic heterocycles. The van der Waals surface area contributed by atoms with Crippen molar-refractivity contribution >= 4 is 39.7 Å². The van der Waals surface area contributed by atoms with E-state index in [1.807, 2.05) is 0 Å². The molecule has 10 heteroatoms. The number of carbonyl (C=O) groups is 1. The Bertz CT molecular complexity index is 559. The molecule has 0 aliphatic heterocycles. The molecule has 2 N–H and O–H groups in total. The van der Waals surface area contributed by atoms with Gasteiger partial charge in [-0.2, -0.15) is 0 Å². The molecule has 0 fully saturated rings. The number of rotatable bonds is 8. The van der Waals surface area contributed by atoms with Gasteiger partial charge in [0.1, 0.15) is 4.88 Å².